The number of aromatic nitrogens is 2. The average molecular weight is 327 g/mol. The molecule has 0 fully saturated rings. The number of carbonyl (C=O) groups is 1. The lowest BCUT2D eigenvalue weighted by Crippen LogP contribution is -2.23. The first kappa shape index (κ1) is 15.9. The largest absolute Gasteiger partial charge is 0.476 e. The van der Waals surface area contributed by atoms with Crippen molar-refractivity contribution in [2.45, 2.75) is 32.6 Å². The van der Waals surface area contributed by atoms with E-state index in [9.17, 15) is 9.90 Å². The zero-order valence-electron chi connectivity index (χ0n) is 12.0. The lowest BCUT2D eigenvalue weighted by molar-refractivity contribution is 0.0688. The lowest BCUT2D eigenvalue weighted by atomic mass is 9.76. The highest BCUT2D eigenvalue weighted by atomic mass is 35.5. The average Bonchev–Trinajstić information content (AvgIpc) is 2.82. The summed E-state index contributed by atoms with van der Waals surface area (Å²) in [6.07, 6.45) is 0.657. The second-order valence-corrected chi connectivity index (χ2v) is 6.18. The highest BCUT2D eigenvalue weighted by Crippen LogP contribution is 2.39. The molecule has 0 saturated carbocycles. The third-order valence-corrected chi connectivity index (χ3v) is 4.17. The Bertz CT molecular complexity index is 693. The quantitative estimate of drug-likeness (QED) is 0.880. The number of carboxylic acids is 1. The first-order valence-corrected chi connectivity index (χ1v) is 7.31. The zero-order chi connectivity index (χ0) is 15.8. The molecule has 2 aromatic rings. The number of halogens is 2. The molecule has 1 aromatic carbocycles. The number of hydrogen-bond donors (Lipinski definition) is 2. The fraction of sp³-hybridized carbons (Fsp3) is 0.333. The molecule has 0 saturated heterocycles. The number of hydrogen-bond acceptors (Lipinski definition) is 2. The number of H-pyrrole nitrogens is 1. The van der Waals surface area contributed by atoms with Crippen molar-refractivity contribution in [2.75, 3.05) is 0 Å². The molecule has 2 rings (SSSR count). The van der Waals surface area contributed by atoms with E-state index in [4.69, 9.17) is 23.2 Å². The van der Waals surface area contributed by atoms with E-state index in [0.717, 1.165) is 11.3 Å². The molecule has 0 spiro atoms. The smallest absolute Gasteiger partial charge is 0.356 e. The summed E-state index contributed by atoms with van der Waals surface area (Å²) in [5.74, 6) is -1.06. The Kier molecular flexibility index (Phi) is 4.30. The first-order valence-electron chi connectivity index (χ1n) is 6.55. The van der Waals surface area contributed by atoms with Gasteiger partial charge >= 0.3 is 5.97 Å². The van der Waals surface area contributed by atoms with Crippen LogP contribution in [0.15, 0.2) is 18.2 Å². The molecule has 1 heterocycles. The van der Waals surface area contributed by atoms with Gasteiger partial charge in [-0.15, -0.1) is 0 Å². The normalized spacial score (nSPS) is 11.7. The van der Waals surface area contributed by atoms with E-state index >= 15 is 0 Å². The van der Waals surface area contributed by atoms with Crippen molar-refractivity contribution < 1.29 is 9.90 Å². The molecule has 0 unspecified atom stereocenters. The van der Waals surface area contributed by atoms with E-state index in [-0.39, 0.29) is 5.69 Å². The van der Waals surface area contributed by atoms with Crippen LogP contribution in [0.4, 0.5) is 0 Å². The van der Waals surface area contributed by atoms with Crippen LogP contribution in [0.2, 0.25) is 10.0 Å². The van der Waals surface area contributed by atoms with Crippen molar-refractivity contribution in [2.24, 2.45) is 0 Å². The van der Waals surface area contributed by atoms with E-state index in [1.165, 1.54) is 0 Å². The summed E-state index contributed by atoms with van der Waals surface area (Å²) in [4.78, 5) is 11.4. The number of aryl methyl sites for hydroxylation is 1. The number of benzene rings is 1. The maximum absolute atomic E-state index is 11.4. The molecular weight excluding hydrogens is 311 g/mol. The van der Waals surface area contributed by atoms with Crippen molar-refractivity contribution in [3.8, 4) is 0 Å². The van der Waals surface area contributed by atoms with E-state index in [2.05, 4.69) is 10.2 Å². The Labute approximate surface area is 133 Å². The molecule has 0 radical (unpaired) electrons. The summed E-state index contributed by atoms with van der Waals surface area (Å²) in [6.45, 7) is 5.80. The topological polar surface area (TPSA) is 66.0 Å². The third-order valence-electron chi connectivity index (χ3n) is 3.63. The van der Waals surface area contributed by atoms with Crippen LogP contribution in [0.25, 0.3) is 0 Å². The third kappa shape index (κ3) is 2.78. The predicted octanol–water partition coefficient (Wildman–Crippen LogP) is 4.30. The summed E-state index contributed by atoms with van der Waals surface area (Å²) in [6, 6.07) is 5.23. The number of nitrogens with zero attached hydrogens (tertiary/aromatic N) is 1. The minimum Gasteiger partial charge on any atom is -0.476 e. The van der Waals surface area contributed by atoms with Crippen LogP contribution in [0.3, 0.4) is 0 Å². The molecule has 0 atom stereocenters. The highest BCUT2D eigenvalue weighted by molar-refractivity contribution is 6.35. The second kappa shape index (κ2) is 5.70. The van der Waals surface area contributed by atoms with Gasteiger partial charge in [0.05, 0.1) is 0 Å². The van der Waals surface area contributed by atoms with Crippen molar-refractivity contribution in [3.63, 3.8) is 0 Å². The first-order chi connectivity index (χ1) is 9.78. The monoisotopic (exact) mass is 326 g/mol. The minimum atomic E-state index is -1.06. The fourth-order valence-corrected chi connectivity index (χ4v) is 3.24. The van der Waals surface area contributed by atoms with Gasteiger partial charge in [-0.3, -0.25) is 5.10 Å². The number of aromatic amines is 1. The molecule has 6 heteroatoms. The van der Waals surface area contributed by atoms with Crippen LogP contribution >= 0.6 is 23.2 Å². The van der Waals surface area contributed by atoms with Crippen LogP contribution in [-0.2, 0) is 11.8 Å². The van der Waals surface area contributed by atoms with Crippen LogP contribution in [0, 0.1) is 0 Å². The van der Waals surface area contributed by atoms with Gasteiger partial charge < -0.3 is 5.11 Å². The minimum absolute atomic E-state index is 0.0304. The molecule has 0 amide bonds. The molecule has 112 valence electrons. The van der Waals surface area contributed by atoms with E-state index in [1.807, 2.05) is 26.8 Å². The highest BCUT2D eigenvalue weighted by Gasteiger charge is 2.34. The molecule has 21 heavy (non-hydrogen) atoms. The van der Waals surface area contributed by atoms with Gasteiger partial charge in [0.15, 0.2) is 5.69 Å². The van der Waals surface area contributed by atoms with Gasteiger partial charge in [-0.05, 0) is 24.1 Å². The van der Waals surface area contributed by atoms with Gasteiger partial charge in [0.1, 0.15) is 0 Å². The second-order valence-electron chi connectivity index (χ2n) is 5.33. The van der Waals surface area contributed by atoms with E-state index in [0.29, 0.717) is 22.0 Å². The predicted molar refractivity (Wildman–Crippen MR) is 83.5 cm³/mol. The van der Waals surface area contributed by atoms with Crippen molar-refractivity contribution in [1.29, 1.82) is 0 Å². The maximum atomic E-state index is 11.4. The molecule has 0 aliphatic heterocycles. The zero-order valence-corrected chi connectivity index (χ0v) is 13.5. The summed E-state index contributed by atoms with van der Waals surface area (Å²) in [7, 11) is 0. The molecule has 0 aliphatic rings. The lowest BCUT2D eigenvalue weighted by Gasteiger charge is -2.27. The summed E-state index contributed by atoms with van der Waals surface area (Å²) in [5.41, 5.74) is 1.69. The Morgan fingerprint density at radius 1 is 1.38 bits per heavy atom. The molecular formula is C15H16Cl2N2O2. The fourth-order valence-electron chi connectivity index (χ4n) is 2.59. The van der Waals surface area contributed by atoms with Crippen LogP contribution in [0.5, 0.6) is 0 Å². The van der Waals surface area contributed by atoms with E-state index < -0.39 is 11.4 Å². The number of aromatic carboxylic acids is 1. The molecule has 2 N–H and O–H groups in total. The number of nitrogens with one attached hydrogen (secondary N) is 1. The maximum Gasteiger partial charge on any atom is 0.356 e. The molecule has 0 bridgehead atoms. The summed E-state index contributed by atoms with van der Waals surface area (Å²) < 4.78 is 0. The SMILES string of the molecule is CCc1[nH]nc(C(=O)O)c1C(C)(C)c1ccc(Cl)cc1Cl. The number of rotatable bonds is 4. The molecule has 4 nitrogen and oxygen atoms in total. The van der Waals surface area contributed by atoms with Crippen molar-refractivity contribution in [3.05, 3.63) is 50.8 Å². The van der Waals surface area contributed by atoms with Crippen LogP contribution < -0.4 is 0 Å². The van der Waals surface area contributed by atoms with Crippen LogP contribution in [0.1, 0.15) is 48.1 Å². The van der Waals surface area contributed by atoms with Crippen molar-refractivity contribution in [1.82, 2.24) is 10.2 Å². The van der Waals surface area contributed by atoms with Crippen LogP contribution in [-0.4, -0.2) is 21.3 Å². The standard InChI is InChI=1S/C15H16Cl2N2O2/c1-4-11-12(13(14(20)21)19-18-11)15(2,3)9-6-5-8(16)7-10(9)17/h5-7H,4H2,1-3H3,(H,18,19)(H,20,21). The van der Waals surface area contributed by atoms with Gasteiger partial charge in [0.25, 0.3) is 0 Å². The van der Waals surface area contributed by atoms with E-state index in [1.54, 1.807) is 12.1 Å². The van der Waals surface area contributed by atoms with Gasteiger partial charge in [-0.1, -0.05) is 50.0 Å². The Hall–Kier alpha value is -1.52. The molecule has 0 aliphatic carbocycles. The summed E-state index contributed by atoms with van der Waals surface area (Å²) >= 11 is 12.2. The summed E-state index contributed by atoms with van der Waals surface area (Å²) in [5, 5.41) is 17.2. The number of carboxylic acid groups (broad SMARTS) is 1. The van der Waals surface area contributed by atoms with Gasteiger partial charge in [-0.25, -0.2) is 4.79 Å². The van der Waals surface area contributed by atoms with Gasteiger partial charge in [-0.2, -0.15) is 5.10 Å². The molecule has 1 aromatic heterocycles. The van der Waals surface area contributed by atoms with Gasteiger partial charge in [0, 0.05) is 26.7 Å². The van der Waals surface area contributed by atoms with Gasteiger partial charge in [0.2, 0.25) is 0 Å². The van der Waals surface area contributed by atoms with Crippen molar-refractivity contribution >= 4 is 29.2 Å². The Morgan fingerprint density at radius 3 is 2.57 bits per heavy atom. The Morgan fingerprint density at radius 2 is 2.05 bits per heavy atom. The Balaban J connectivity index is 2.68.